The zero-order chi connectivity index (χ0) is 13.9. The molecule has 106 valence electrons. The van der Waals surface area contributed by atoms with Crippen molar-refractivity contribution in [2.45, 2.75) is 31.7 Å². The van der Waals surface area contributed by atoms with Crippen LogP contribution in [0.2, 0.25) is 0 Å². The molecule has 1 aromatic rings. The Balaban J connectivity index is 1.82. The van der Waals surface area contributed by atoms with E-state index in [1.165, 1.54) is 12.8 Å². The first-order chi connectivity index (χ1) is 9.79. The normalized spacial score (nSPS) is 21.2. The molecule has 2 atom stereocenters. The van der Waals surface area contributed by atoms with Crippen LogP contribution in [0.5, 0.6) is 11.5 Å². The molecule has 0 N–H and O–H groups in total. The van der Waals surface area contributed by atoms with Gasteiger partial charge in [-0.2, -0.15) is 5.26 Å². The molecular formula is C16H20N2O2. The van der Waals surface area contributed by atoms with Gasteiger partial charge in [0.2, 0.25) is 0 Å². The zero-order valence-corrected chi connectivity index (χ0v) is 11.8. The van der Waals surface area contributed by atoms with Crippen LogP contribution in [0.25, 0.3) is 0 Å². The summed E-state index contributed by atoms with van der Waals surface area (Å²) >= 11 is 0. The highest BCUT2D eigenvalue weighted by molar-refractivity contribution is 5.45. The summed E-state index contributed by atoms with van der Waals surface area (Å²) in [5.74, 6) is 1.79. The van der Waals surface area contributed by atoms with E-state index in [0.717, 1.165) is 30.2 Å². The second kappa shape index (κ2) is 5.72. The van der Waals surface area contributed by atoms with Crippen LogP contribution in [-0.4, -0.2) is 37.2 Å². The molecule has 0 spiro atoms. The number of rotatable bonds is 3. The predicted molar refractivity (Wildman–Crippen MR) is 76.1 cm³/mol. The lowest BCUT2D eigenvalue weighted by molar-refractivity contribution is 0.171. The van der Waals surface area contributed by atoms with Crippen molar-refractivity contribution in [2.75, 3.05) is 26.3 Å². The number of hydrogen-bond donors (Lipinski definition) is 0. The lowest BCUT2D eigenvalue weighted by atomic mass is 9.92. The summed E-state index contributed by atoms with van der Waals surface area (Å²) in [5, 5.41) is 9.51. The van der Waals surface area contributed by atoms with E-state index in [1.54, 1.807) is 0 Å². The number of hydrogen-bond acceptors (Lipinski definition) is 4. The van der Waals surface area contributed by atoms with E-state index >= 15 is 0 Å². The van der Waals surface area contributed by atoms with Gasteiger partial charge in [-0.25, -0.2) is 0 Å². The molecule has 0 radical (unpaired) electrons. The molecule has 20 heavy (non-hydrogen) atoms. The monoisotopic (exact) mass is 272 g/mol. The molecule has 3 rings (SSSR count). The Morgan fingerprint density at radius 2 is 1.85 bits per heavy atom. The van der Waals surface area contributed by atoms with Crippen LogP contribution >= 0.6 is 0 Å². The van der Waals surface area contributed by atoms with Gasteiger partial charge in [0.1, 0.15) is 19.3 Å². The summed E-state index contributed by atoms with van der Waals surface area (Å²) in [6.07, 6.45) is 2.40. The molecule has 0 amide bonds. The van der Waals surface area contributed by atoms with Crippen LogP contribution in [0.1, 0.15) is 31.2 Å². The molecule has 1 saturated heterocycles. The van der Waals surface area contributed by atoms with Gasteiger partial charge >= 0.3 is 0 Å². The molecule has 1 aromatic carbocycles. The summed E-state index contributed by atoms with van der Waals surface area (Å²) in [6.45, 7) is 5.40. The van der Waals surface area contributed by atoms with Crippen molar-refractivity contribution >= 4 is 0 Å². The molecule has 2 unspecified atom stereocenters. The molecule has 2 aliphatic rings. The van der Waals surface area contributed by atoms with Gasteiger partial charge in [-0.1, -0.05) is 13.0 Å². The number of fused-ring (bicyclic) bond motifs is 1. The van der Waals surface area contributed by atoms with Crippen molar-refractivity contribution < 1.29 is 9.47 Å². The Morgan fingerprint density at radius 1 is 1.15 bits per heavy atom. The Kier molecular flexibility index (Phi) is 3.79. The highest BCUT2D eigenvalue weighted by atomic mass is 16.6. The minimum Gasteiger partial charge on any atom is -0.486 e. The van der Waals surface area contributed by atoms with Gasteiger partial charge in [0.25, 0.3) is 0 Å². The third-order valence-electron chi connectivity index (χ3n) is 4.23. The molecule has 0 bridgehead atoms. The van der Waals surface area contributed by atoms with Crippen LogP contribution < -0.4 is 9.47 Å². The molecule has 1 fully saturated rings. The average molecular weight is 272 g/mol. The van der Waals surface area contributed by atoms with E-state index in [-0.39, 0.29) is 12.0 Å². The maximum absolute atomic E-state index is 9.51. The third kappa shape index (κ3) is 2.46. The van der Waals surface area contributed by atoms with Gasteiger partial charge in [-0.15, -0.1) is 0 Å². The lowest BCUT2D eigenvalue weighted by Gasteiger charge is -2.28. The van der Waals surface area contributed by atoms with E-state index in [2.05, 4.69) is 24.0 Å². The minimum atomic E-state index is -0.0555. The first-order valence-electron chi connectivity index (χ1n) is 7.33. The molecule has 0 aromatic heterocycles. The fraction of sp³-hybridized carbons (Fsp3) is 0.562. The van der Waals surface area contributed by atoms with E-state index < -0.39 is 0 Å². The smallest absolute Gasteiger partial charge is 0.161 e. The summed E-state index contributed by atoms with van der Waals surface area (Å²) < 4.78 is 11.2. The number of ether oxygens (including phenoxy) is 2. The van der Waals surface area contributed by atoms with Crippen LogP contribution in [0.15, 0.2) is 18.2 Å². The van der Waals surface area contributed by atoms with Crippen molar-refractivity contribution in [1.29, 1.82) is 5.26 Å². The van der Waals surface area contributed by atoms with Crippen molar-refractivity contribution in [3.8, 4) is 17.6 Å². The second-order valence-corrected chi connectivity index (χ2v) is 5.51. The molecule has 4 heteroatoms. The summed E-state index contributed by atoms with van der Waals surface area (Å²) in [5.41, 5.74) is 1.15. The van der Waals surface area contributed by atoms with Crippen LogP contribution in [-0.2, 0) is 0 Å². The largest absolute Gasteiger partial charge is 0.486 e. The maximum Gasteiger partial charge on any atom is 0.161 e. The zero-order valence-electron chi connectivity index (χ0n) is 11.8. The highest BCUT2D eigenvalue weighted by Gasteiger charge is 2.28. The fourth-order valence-electron chi connectivity index (χ4n) is 3.05. The Hall–Kier alpha value is -1.73. The molecular weight excluding hydrogens is 252 g/mol. The van der Waals surface area contributed by atoms with Gasteiger partial charge in [-0.3, -0.25) is 4.90 Å². The van der Waals surface area contributed by atoms with Gasteiger partial charge in [-0.05, 0) is 43.6 Å². The van der Waals surface area contributed by atoms with Gasteiger partial charge in [0, 0.05) is 5.92 Å². The van der Waals surface area contributed by atoms with Gasteiger partial charge in [0.15, 0.2) is 11.5 Å². The average Bonchev–Trinajstić information content (AvgIpc) is 3.01. The maximum atomic E-state index is 9.51. The predicted octanol–water partition coefficient (Wildman–Crippen LogP) is 2.55. The minimum absolute atomic E-state index is 0.0555. The van der Waals surface area contributed by atoms with Gasteiger partial charge < -0.3 is 9.47 Å². The number of likely N-dealkylation sites (tertiary alicyclic amines) is 1. The molecule has 2 aliphatic heterocycles. The number of nitrogens with zero attached hydrogens (tertiary/aromatic N) is 2. The lowest BCUT2D eigenvalue weighted by Crippen LogP contribution is -2.35. The van der Waals surface area contributed by atoms with E-state index in [0.29, 0.717) is 13.2 Å². The van der Waals surface area contributed by atoms with E-state index in [1.807, 2.05) is 12.1 Å². The molecule has 0 aliphatic carbocycles. The van der Waals surface area contributed by atoms with Gasteiger partial charge in [0.05, 0.1) is 6.07 Å². The van der Waals surface area contributed by atoms with Crippen LogP contribution in [0.3, 0.4) is 0 Å². The number of nitriles is 1. The SMILES string of the molecule is CC(c1ccc2c(c1)OCCO2)C(C#N)N1CCCC1. The first-order valence-corrected chi connectivity index (χ1v) is 7.33. The van der Waals surface area contributed by atoms with Crippen LogP contribution in [0, 0.1) is 11.3 Å². The van der Waals surface area contributed by atoms with Crippen molar-refractivity contribution in [2.24, 2.45) is 0 Å². The summed E-state index contributed by atoms with van der Waals surface area (Å²) in [7, 11) is 0. The van der Waals surface area contributed by atoms with Crippen molar-refractivity contribution in [3.63, 3.8) is 0 Å². The Labute approximate surface area is 119 Å². The molecule has 0 saturated carbocycles. The van der Waals surface area contributed by atoms with Crippen molar-refractivity contribution in [1.82, 2.24) is 4.90 Å². The van der Waals surface area contributed by atoms with Crippen molar-refractivity contribution in [3.05, 3.63) is 23.8 Å². The molecule has 2 heterocycles. The Morgan fingerprint density at radius 3 is 2.55 bits per heavy atom. The van der Waals surface area contributed by atoms with E-state index in [4.69, 9.17) is 9.47 Å². The second-order valence-electron chi connectivity index (χ2n) is 5.51. The van der Waals surface area contributed by atoms with Crippen LogP contribution in [0.4, 0.5) is 0 Å². The first kappa shape index (κ1) is 13.3. The highest BCUT2D eigenvalue weighted by Crippen LogP contribution is 2.35. The molecule has 4 nitrogen and oxygen atoms in total. The standard InChI is InChI=1S/C16H20N2O2/c1-12(14(11-17)18-6-2-3-7-18)13-4-5-15-16(10-13)20-9-8-19-15/h4-5,10,12,14H,2-3,6-9H2,1H3. The summed E-state index contributed by atoms with van der Waals surface area (Å²) in [6, 6.07) is 8.46. The number of benzene rings is 1. The third-order valence-corrected chi connectivity index (χ3v) is 4.23. The fourth-order valence-corrected chi connectivity index (χ4v) is 3.05. The Bertz CT molecular complexity index is 518. The quantitative estimate of drug-likeness (QED) is 0.848. The summed E-state index contributed by atoms with van der Waals surface area (Å²) in [4.78, 5) is 2.29. The van der Waals surface area contributed by atoms with E-state index in [9.17, 15) is 5.26 Å². The topological polar surface area (TPSA) is 45.5 Å².